The van der Waals surface area contributed by atoms with Crippen LogP contribution in [0.4, 0.5) is 4.79 Å². The first-order valence-corrected chi connectivity index (χ1v) is 10.6. The number of nitrogens with zero attached hydrogens (tertiary/aromatic N) is 5. The number of rotatable bonds is 4. The maximum absolute atomic E-state index is 12.9. The molecule has 0 radical (unpaired) electrons. The lowest BCUT2D eigenvalue weighted by atomic mass is 9.88. The van der Waals surface area contributed by atoms with E-state index in [0.29, 0.717) is 24.3 Å². The molecule has 0 N–H and O–H groups in total. The molecule has 1 saturated carbocycles. The number of amides is 2. The highest BCUT2D eigenvalue weighted by Gasteiger charge is 2.50. The number of hydrogen-bond donors (Lipinski definition) is 0. The number of benzene rings is 1. The topological polar surface area (TPSA) is 65.7 Å². The third-order valence-electron chi connectivity index (χ3n) is 6.66. The average molecular weight is 396 g/mol. The first-order valence-electron chi connectivity index (χ1n) is 10.6. The van der Waals surface area contributed by atoms with Crippen molar-refractivity contribution in [1.29, 1.82) is 0 Å². The molecular formula is C22H29N5O2. The molecule has 7 heteroatoms. The molecule has 0 unspecified atom stereocenters. The molecule has 2 amide bonds. The summed E-state index contributed by atoms with van der Waals surface area (Å²) in [6, 6.07) is 8.69. The zero-order valence-corrected chi connectivity index (χ0v) is 17.4. The highest BCUT2D eigenvalue weighted by Crippen LogP contribution is 2.46. The van der Waals surface area contributed by atoms with E-state index in [2.05, 4.69) is 51.1 Å². The second-order valence-corrected chi connectivity index (χ2v) is 9.07. The van der Waals surface area contributed by atoms with Gasteiger partial charge in [-0.05, 0) is 36.8 Å². The first kappa shape index (κ1) is 18.6. The van der Waals surface area contributed by atoms with Gasteiger partial charge in [0.25, 0.3) is 0 Å². The van der Waals surface area contributed by atoms with Gasteiger partial charge in [0.1, 0.15) is 0 Å². The van der Waals surface area contributed by atoms with Gasteiger partial charge < -0.3 is 14.3 Å². The van der Waals surface area contributed by atoms with E-state index in [1.807, 2.05) is 14.1 Å². The van der Waals surface area contributed by atoms with E-state index in [-0.39, 0.29) is 12.1 Å². The summed E-state index contributed by atoms with van der Waals surface area (Å²) in [4.78, 5) is 23.7. The molecule has 3 aliphatic rings. The molecule has 7 nitrogen and oxygen atoms in total. The van der Waals surface area contributed by atoms with E-state index in [1.54, 1.807) is 4.90 Å². The monoisotopic (exact) mass is 395 g/mol. The van der Waals surface area contributed by atoms with Gasteiger partial charge >= 0.3 is 6.03 Å². The van der Waals surface area contributed by atoms with Crippen LogP contribution in [0.1, 0.15) is 47.6 Å². The normalized spacial score (nSPS) is 26.7. The largest absolute Gasteiger partial charge is 0.338 e. The predicted molar refractivity (Wildman–Crippen MR) is 108 cm³/mol. The first-order chi connectivity index (χ1) is 14.0. The van der Waals surface area contributed by atoms with Crippen LogP contribution in [0.25, 0.3) is 0 Å². The number of carbonyl (C=O) groups is 1. The summed E-state index contributed by atoms with van der Waals surface area (Å²) in [6.45, 7) is 5.56. The molecule has 1 aromatic carbocycles. The van der Waals surface area contributed by atoms with Gasteiger partial charge in [-0.3, -0.25) is 4.90 Å². The van der Waals surface area contributed by atoms with E-state index in [1.165, 1.54) is 24.0 Å². The molecule has 2 saturated heterocycles. The van der Waals surface area contributed by atoms with E-state index in [0.717, 1.165) is 31.3 Å². The summed E-state index contributed by atoms with van der Waals surface area (Å²) < 4.78 is 5.50. The minimum atomic E-state index is 0.102. The van der Waals surface area contributed by atoms with Gasteiger partial charge in [0, 0.05) is 45.6 Å². The lowest BCUT2D eigenvalue weighted by molar-refractivity contribution is 0.149. The number of carbonyl (C=O) groups excluding carboxylic acids is 1. The Balaban J connectivity index is 1.36. The van der Waals surface area contributed by atoms with Gasteiger partial charge in [0.2, 0.25) is 5.89 Å². The van der Waals surface area contributed by atoms with E-state index in [4.69, 9.17) is 4.52 Å². The number of likely N-dealkylation sites (tertiary alicyclic amines) is 2. The lowest BCUT2D eigenvalue weighted by Crippen LogP contribution is -2.41. The number of urea groups is 1. The molecule has 1 aromatic heterocycles. The summed E-state index contributed by atoms with van der Waals surface area (Å²) in [7, 11) is 3.68. The molecule has 0 bridgehead atoms. The Kier molecular flexibility index (Phi) is 4.57. The van der Waals surface area contributed by atoms with Crippen molar-refractivity contribution in [3.63, 3.8) is 0 Å². The quantitative estimate of drug-likeness (QED) is 0.796. The second kappa shape index (κ2) is 7.13. The lowest BCUT2D eigenvalue weighted by Gasteiger charge is -2.32. The molecule has 0 spiro atoms. The number of fused-ring (bicyclic) bond motifs is 1. The maximum atomic E-state index is 12.9. The standard InChI is InChI=1S/C22H29N5O2/c1-14-6-4-5-7-17(14)20-18-12-26(10-16(18)11-27(20)22(28)25(2)3)13-19-23-21(24-29-19)15-8-9-15/h4-7,15-16,18,20H,8-13H2,1-3H3/t16-,18-,20+/m1/s1. The van der Waals surface area contributed by atoms with Crippen LogP contribution >= 0.6 is 0 Å². The van der Waals surface area contributed by atoms with Crippen LogP contribution < -0.4 is 0 Å². The molecule has 29 heavy (non-hydrogen) atoms. The minimum absolute atomic E-state index is 0.102. The van der Waals surface area contributed by atoms with Gasteiger partial charge in [-0.25, -0.2) is 4.79 Å². The van der Waals surface area contributed by atoms with Crippen LogP contribution in [0.3, 0.4) is 0 Å². The Hall–Kier alpha value is -2.41. The van der Waals surface area contributed by atoms with Crippen molar-refractivity contribution < 1.29 is 9.32 Å². The summed E-state index contributed by atoms with van der Waals surface area (Å²) in [5, 5.41) is 4.15. The van der Waals surface area contributed by atoms with Crippen molar-refractivity contribution in [1.82, 2.24) is 24.8 Å². The van der Waals surface area contributed by atoms with E-state index < -0.39 is 0 Å². The Bertz CT molecular complexity index is 906. The fraction of sp³-hybridized carbons (Fsp3) is 0.591. The van der Waals surface area contributed by atoms with Crippen molar-refractivity contribution in [2.75, 3.05) is 33.7 Å². The third-order valence-corrected chi connectivity index (χ3v) is 6.66. The van der Waals surface area contributed by atoms with Gasteiger partial charge in [-0.2, -0.15) is 4.98 Å². The SMILES string of the molecule is Cc1ccccc1[C@H]1[C@@H]2CN(Cc3nc(C4CC4)no3)C[C@@H]2CN1C(=O)N(C)C. The minimum Gasteiger partial charge on any atom is -0.338 e. The Morgan fingerprint density at radius 1 is 1.21 bits per heavy atom. The fourth-order valence-corrected chi connectivity index (χ4v) is 5.07. The summed E-state index contributed by atoms with van der Waals surface area (Å²) in [5.74, 6) is 3.00. The van der Waals surface area contributed by atoms with E-state index >= 15 is 0 Å². The second-order valence-electron chi connectivity index (χ2n) is 9.07. The Morgan fingerprint density at radius 2 is 2.00 bits per heavy atom. The summed E-state index contributed by atoms with van der Waals surface area (Å²) in [6.07, 6.45) is 2.36. The van der Waals surface area contributed by atoms with Crippen molar-refractivity contribution in [2.24, 2.45) is 11.8 Å². The van der Waals surface area contributed by atoms with Crippen LogP contribution in [0, 0.1) is 18.8 Å². The predicted octanol–water partition coefficient (Wildman–Crippen LogP) is 3.04. The average Bonchev–Trinajstić information content (AvgIpc) is 3.17. The number of aryl methyl sites for hydroxylation is 1. The molecule has 2 aliphatic heterocycles. The fourth-order valence-electron chi connectivity index (χ4n) is 5.07. The molecule has 1 aliphatic carbocycles. The van der Waals surface area contributed by atoms with Crippen molar-refractivity contribution in [3.05, 3.63) is 47.1 Å². The smallest absolute Gasteiger partial charge is 0.320 e. The van der Waals surface area contributed by atoms with Crippen LogP contribution in [-0.2, 0) is 6.54 Å². The molecule has 3 fully saturated rings. The number of aromatic nitrogens is 2. The zero-order valence-electron chi connectivity index (χ0n) is 17.4. The van der Waals surface area contributed by atoms with Crippen LogP contribution in [-0.4, -0.2) is 64.6 Å². The zero-order chi connectivity index (χ0) is 20.1. The molecule has 2 aromatic rings. The van der Waals surface area contributed by atoms with Crippen molar-refractivity contribution in [2.45, 2.75) is 38.3 Å². The molecule has 154 valence electrons. The highest BCUT2D eigenvalue weighted by molar-refractivity contribution is 5.75. The van der Waals surface area contributed by atoms with Gasteiger partial charge in [-0.15, -0.1) is 0 Å². The van der Waals surface area contributed by atoms with Crippen LogP contribution in [0.15, 0.2) is 28.8 Å². The highest BCUT2D eigenvalue weighted by atomic mass is 16.5. The van der Waals surface area contributed by atoms with E-state index in [9.17, 15) is 4.79 Å². The molecule has 3 atom stereocenters. The van der Waals surface area contributed by atoms with Gasteiger partial charge in [0.15, 0.2) is 5.82 Å². The van der Waals surface area contributed by atoms with Crippen LogP contribution in [0.5, 0.6) is 0 Å². The summed E-state index contributed by atoms with van der Waals surface area (Å²) >= 11 is 0. The van der Waals surface area contributed by atoms with Gasteiger partial charge in [-0.1, -0.05) is 29.4 Å². The maximum Gasteiger partial charge on any atom is 0.320 e. The Morgan fingerprint density at radius 3 is 2.72 bits per heavy atom. The van der Waals surface area contributed by atoms with Gasteiger partial charge in [0.05, 0.1) is 12.6 Å². The number of hydrogen-bond acceptors (Lipinski definition) is 5. The van der Waals surface area contributed by atoms with Crippen LogP contribution in [0.2, 0.25) is 0 Å². The molecular weight excluding hydrogens is 366 g/mol. The summed E-state index contributed by atoms with van der Waals surface area (Å²) in [5.41, 5.74) is 2.52. The Labute approximate surface area is 171 Å². The van der Waals surface area contributed by atoms with Crippen molar-refractivity contribution >= 4 is 6.03 Å². The molecule has 5 rings (SSSR count). The third kappa shape index (κ3) is 3.41. The van der Waals surface area contributed by atoms with Crippen molar-refractivity contribution in [3.8, 4) is 0 Å². The molecule has 3 heterocycles.